The fourth-order valence-electron chi connectivity index (χ4n) is 1.67. The number of hydrogen-bond donors (Lipinski definition) is 0. The summed E-state index contributed by atoms with van der Waals surface area (Å²) in [6.07, 6.45) is -0.251. The topological polar surface area (TPSA) is 39.9 Å². The molecule has 0 aliphatic rings. The largest absolute Gasteiger partial charge is 0.491 e. The van der Waals surface area contributed by atoms with E-state index in [1.165, 1.54) is 6.20 Å². The normalized spacial score (nSPS) is 11.6. The summed E-state index contributed by atoms with van der Waals surface area (Å²) in [4.78, 5) is 7.42. The third-order valence-electron chi connectivity index (χ3n) is 2.52. The summed E-state index contributed by atoms with van der Waals surface area (Å²) < 4.78 is 45.0. The van der Waals surface area contributed by atoms with Crippen molar-refractivity contribution in [1.29, 1.82) is 0 Å². The Balaban J connectivity index is 2.58. The number of aromatic nitrogens is 3. The third-order valence-corrected chi connectivity index (χ3v) is 2.52. The van der Waals surface area contributed by atoms with Crippen molar-refractivity contribution in [2.45, 2.75) is 13.1 Å². The Morgan fingerprint density at radius 3 is 2.58 bits per heavy atom. The van der Waals surface area contributed by atoms with Crippen molar-refractivity contribution in [3.8, 4) is 17.1 Å². The lowest BCUT2D eigenvalue weighted by molar-refractivity contribution is -0.141. The molecular weight excluding hydrogens is 259 g/mol. The van der Waals surface area contributed by atoms with Crippen LogP contribution in [-0.4, -0.2) is 21.1 Å². The lowest BCUT2D eigenvalue weighted by atomic mass is 10.2. The van der Waals surface area contributed by atoms with E-state index in [4.69, 9.17) is 4.74 Å². The quantitative estimate of drug-likeness (QED) is 0.861. The summed E-state index contributed by atoms with van der Waals surface area (Å²) in [5, 5.41) is 0. The van der Waals surface area contributed by atoms with Gasteiger partial charge in [-0.05, 0) is 13.0 Å². The van der Waals surface area contributed by atoms with Gasteiger partial charge < -0.3 is 9.30 Å². The number of imidazole rings is 1. The maximum absolute atomic E-state index is 12.7. The minimum atomic E-state index is -4.50. The molecule has 0 saturated carbocycles. The van der Waals surface area contributed by atoms with Crippen LogP contribution in [0.15, 0.2) is 24.7 Å². The van der Waals surface area contributed by atoms with Gasteiger partial charge in [-0.15, -0.1) is 0 Å². The number of hydrogen-bond acceptors (Lipinski definition) is 3. The van der Waals surface area contributed by atoms with Crippen LogP contribution in [0.25, 0.3) is 11.4 Å². The fourth-order valence-corrected chi connectivity index (χ4v) is 1.67. The lowest BCUT2D eigenvalue weighted by Crippen LogP contribution is -2.09. The fraction of sp³-hybridized carbons (Fsp3) is 0.333. The maximum atomic E-state index is 12.7. The highest BCUT2D eigenvalue weighted by Gasteiger charge is 2.33. The molecule has 0 aliphatic heterocycles. The molecule has 7 heteroatoms. The molecule has 102 valence electrons. The number of ether oxygens (including phenoxy) is 1. The molecule has 19 heavy (non-hydrogen) atoms. The van der Waals surface area contributed by atoms with E-state index in [9.17, 15) is 13.2 Å². The average Bonchev–Trinajstić information content (AvgIpc) is 2.75. The van der Waals surface area contributed by atoms with Crippen LogP contribution in [-0.2, 0) is 13.2 Å². The summed E-state index contributed by atoms with van der Waals surface area (Å²) in [6.45, 7) is 2.09. The standard InChI is InChI=1S/C12H12F3N3O/c1-3-19-9-7-17-10(12(13,14)15)6-8(9)11-16-4-5-18(11)2/h4-7H,3H2,1-2H3. The van der Waals surface area contributed by atoms with E-state index in [1.54, 1.807) is 24.7 Å². The van der Waals surface area contributed by atoms with Crippen LogP contribution in [0.2, 0.25) is 0 Å². The smallest absolute Gasteiger partial charge is 0.433 e. The Hall–Kier alpha value is -2.05. The van der Waals surface area contributed by atoms with E-state index in [-0.39, 0.29) is 11.3 Å². The molecule has 0 atom stereocenters. The number of pyridine rings is 1. The van der Waals surface area contributed by atoms with E-state index in [0.717, 1.165) is 12.3 Å². The summed E-state index contributed by atoms with van der Waals surface area (Å²) in [5.74, 6) is 0.682. The van der Waals surface area contributed by atoms with Crippen LogP contribution < -0.4 is 4.74 Å². The van der Waals surface area contributed by atoms with Gasteiger partial charge in [-0.2, -0.15) is 13.2 Å². The highest BCUT2D eigenvalue weighted by atomic mass is 19.4. The molecule has 0 spiro atoms. The van der Waals surface area contributed by atoms with E-state index >= 15 is 0 Å². The monoisotopic (exact) mass is 271 g/mol. The molecule has 2 heterocycles. The second kappa shape index (κ2) is 4.91. The van der Waals surface area contributed by atoms with Gasteiger partial charge in [0.2, 0.25) is 0 Å². The van der Waals surface area contributed by atoms with Gasteiger partial charge in [0.1, 0.15) is 17.3 Å². The van der Waals surface area contributed by atoms with Gasteiger partial charge in [-0.25, -0.2) is 9.97 Å². The summed E-state index contributed by atoms with van der Waals surface area (Å²) in [7, 11) is 1.70. The molecule has 4 nitrogen and oxygen atoms in total. The van der Waals surface area contributed by atoms with Gasteiger partial charge in [0, 0.05) is 19.4 Å². The van der Waals surface area contributed by atoms with Crippen molar-refractivity contribution in [3.05, 3.63) is 30.4 Å². The minimum Gasteiger partial charge on any atom is -0.491 e. The van der Waals surface area contributed by atoms with E-state index in [0.29, 0.717) is 12.4 Å². The van der Waals surface area contributed by atoms with Crippen molar-refractivity contribution in [2.24, 2.45) is 7.05 Å². The molecule has 0 saturated heterocycles. The van der Waals surface area contributed by atoms with E-state index in [2.05, 4.69) is 9.97 Å². The Morgan fingerprint density at radius 2 is 2.05 bits per heavy atom. The Labute approximate surface area is 107 Å². The van der Waals surface area contributed by atoms with Crippen LogP contribution in [0.4, 0.5) is 13.2 Å². The molecule has 0 aromatic carbocycles. The summed E-state index contributed by atoms with van der Waals surface area (Å²) >= 11 is 0. The zero-order valence-corrected chi connectivity index (χ0v) is 10.4. The zero-order chi connectivity index (χ0) is 14.0. The SMILES string of the molecule is CCOc1cnc(C(F)(F)F)cc1-c1nccn1C. The molecule has 0 unspecified atom stereocenters. The summed E-state index contributed by atoms with van der Waals surface area (Å²) in [5.41, 5.74) is -0.689. The minimum absolute atomic E-state index is 0.275. The number of alkyl halides is 3. The molecule has 0 radical (unpaired) electrons. The molecule has 0 amide bonds. The van der Waals surface area contributed by atoms with Crippen LogP contribution >= 0.6 is 0 Å². The van der Waals surface area contributed by atoms with Crippen LogP contribution in [0.5, 0.6) is 5.75 Å². The molecular formula is C12H12F3N3O. The maximum Gasteiger partial charge on any atom is 0.433 e. The zero-order valence-electron chi connectivity index (χ0n) is 10.4. The van der Waals surface area contributed by atoms with Crippen LogP contribution in [0, 0.1) is 0 Å². The number of rotatable bonds is 3. The van der Waals surface area contributed by atoms with Crippen LogP contribution in [0.1, 0.15) is 12.6 Å². The number of halogens is 3. The molecule has 0 bridgehead atoms. The van der Waals surface area contributed by atoms with Crippen molar-refractivity contribution >= 4 is 0 Å². The molecule has 0 aliphatic carbocycles. The van der Waals surface area contributed by atoms with Gasteiger partial charge in [-0.3, -0.25) is 0 Å². The lowest BCUT2D eigenvalue weighted by Gasteiger charge is -2.12. The van der Waals surface area contributed by atoms with E-state index in [1.807, 2.05) is 0 Å². The first kappa shape index (κ1) is 13.4. The molecule has 0 N–H and O–H groups in total. The Kier molecular flexibility index (Phi) is 3.46. The van der Waals surface area contributed by atoms with Crippen molar-refractivity contribution < 1.29 is 17.9 Å². The van der Waals surface area contributed by atoms with Gasteiger partial charge in [-0.1, -0.05) is 0 Å². The Morgan fingerprint density at radius 1 is 1.32 bits per heavy atom. The van der Waals surface area contributed by atoms with Gasteiger partial charge in [0.15, 0.2) is 0 Å². The molecule has 2 aromatic rings. The highest BCUT2D eigenvalue weighted by molar-refractivity contribution is 5.64. The van der Waals surface area contributed by atoms with Crippen molar-refractivity contribution in [2.75, 3.05) is 6.61 Å². The molecule has 2 rings (SSSR count). The second-order valence-electron chi connectivity index (χ2n) is 3.86. The average molecular weight is 271 g/mol. The van der Waals surface area contributed by atoms with Crippen molar-refractivity contribution in [1.82, 2.24) is 14.5 Å². The van der Waals surface area contributed by atoms with Gasteiger partial charge in [0.05, 0.1) is 18.4 Å². The first-order valence-corrected chi connectivity index (χ1v) is 5.61. The van der Waals surface area contributed by atoms with Crippen LogP contribution in [0.3, 0.4) is 0 Å². The highest BCUT2D eigenvalue weighted by Crippen LogP contribution is 2.34. The molecule has 2 aromatic heterocycles. The van der Waals surface area contributed by atoms with Crippen molar-refractivity contribution in [3.63, 3.8) is 0 Å². The predicted molar refractivity (Wildman–Crippen MR) is 62.6 cm³/mol. The first-order valence-electron chi connectivity index (χ1n) is 5.61. The summed E-state index contributed by atoms with van der Waals surface area (Å²) in [6, 6.07) is 0.952. The first-order chi connectivity index (χ1) is 8.93. The van der Waals surface area contributed by atoms with E-state index < -0.39 is 11.9 Å². The predicted octanol–water partition coefficient (Wildman–Crippen LogP) is 2.90. The Bertz CT molecular complexity index is 578. The number of aryl methyl sites for hydroxylation is 1. The number of nitrogens with zero attached hydrogens (tertiary/aromatic N) is 3. The third kappa shape index (κ3) is 2.69. The van der Waals surface area contributed by atoms with Gasteiger partial charge in [0.25, 0.3) is 0 Å². The second-order valence-corrected chi connectivity index (χ2v) is 3.86. The van der Waals surface area contributed by atoms with Gasteiger partial charge >= 0.3 is 6.18 Å². The molecule has 0 fully saturated rings.